The van der Waals surface area contributed by atoms with Crippen LogP contribution in [-0.4, -0.2) is 12.3 Å². The Morgan fingerprint density at radius 1 is 1.30 bits per heavy atom. The van der Waals surface area contributed by atoms with Gasteiger partial charge in [-0.15, -0.1) is 0 Å². The van der Waals surface area contributed by atoms with Gasteiger partial charge >= 0.3 is 0 Å². The maximum atomic E-state index is 9.69. The van der Waals surface area contributed by atoms with Crippen LogP contribution in [-0.2, 0) is 4.79 Å². The van der Waals surface area contributed by atoms with E-state index in [1.807, 2.05) is 13.8 Å². The van der Waals surface area contributed by atoms with E-state index in [2.05, 4.69) is 13.8 Å². The molecule has 0 aromatic heterocycles. The summed E-state index contributed by atoms with van der Waals surface area (Å²) in [4.78, 5) is 9.69. The van der Waals surface area contributed by atoms with Gasteiger partial charge in [0.25, 0.3) is 0 Å². The van der Waals surface area contributed by atoms with Crippen molar-refractivity contribution in [3.8, 4) is 0 Å². The van der Waals surface area contributed by atoms with Gasteiger partial charge in [0, 0.05) is 0 Å². The highest BCUT2D eigenvalue weighted by Gasteiger charge is 1.76. The number of carbonyl (C=O) groups excluding carboxylic acids is 1. The average molecular weight is 147 g/mol. The number of rotatable bonds is 1. The van der Waals surface area contributed by atoms with Crippen LogP contribution in [0, 0.1) is 0 Å². The van der Waals surface area contributed by atoms with E-state index >= 15 is 0 Å². The van der Waals surface area contributed by atoms with E-state index in [1.165, 1.54) is 13.3 Å². The van der Waals surface area contributed by atoms with Gasteiger partial charge in [0.15, 0.2) is 0 Å². The minimum atomic E-state index is 0.0324. The number of nitrogens with two attached hydrogens (primary N) is 1. The van der Waals surface area contributed by atoms with Crippen molar-refractivity contribution in [3.63, 3.8) is 0 Å². The van der Waals surface area contributed by atoms with Crippen LogP contribution < -0.4 is 5.73 Å². The molecule has 0 bridgehead atoms. The zero-order valence-corrected chi connectivity index (χ0v) is 7.90. The molecule has 0 amide bonds. The van der Waals surface area contributed by atoms with Crippen LogP contribution in [0.5, 0.6) is 0 Å². The molecule has 0 aliphatic heterocycles. The molecule has 2 nitrogen and oxygen atoms in total. The van der Waals surface area contributed by atoms with E-state index < -0.39 is 0 Å². The molecule has 64 valence electrons. The van der Waals surface area contributed by atoms with E-state index in [0.717, 1.165) is 0 Å². The van der Waals surface area contributed by atoms with Gasteiger partial charge < -0.3 is 5.73 Å². The molecule has 0 spiro atoms. The third kappa shape index (κ3) is 126. The fraction of sp³-hybridized carbons (Fsp3) is 0.875. The highest BCUT2D eigenvalue weighted by molar-refractivity contribution is 5.77. The number of carbonyl (C=O) groups is 1. The lowest BCUT2D eigenvalue weighted by Crippen LogP contribution is -2.07. The molecule has 0 saturated carbocycles. The summed E-state index contributed by atoms with van der Waals surface area (Å²) in [6.07, 6.45) is 1.25. The maximum absolute atomic E-state index is 9.69. The van der Waals surface area contributed by atoms with Crippen LogP contribution >= 0.6 is 0 Å². The smallest absolute Gasteiger partial charge is 0.143 e. The Balaban J connectivity index is -0.0000000847. The SMILES string of the molecule is CC.CC(=O)CN.CCC. The quantitative estimate of drug-likeness (QED) is 0.616. The zero-order valence-electron chi connectivity index (χ0n) is 7.90. The topological polar surface area (TPSA) is 43.1 Å². The molecule has 0 aromatic rings. The summed E-state index contributed by atoms with van der Waals surface area (Å²) in [7, 11) is 0. The number of hydrogen-bond donors (Lipinski definition) is 1. The second kappa shape index (κ2) is 23.4. The molecule has 0 saturated heterocycles. The van der Waals surface area contributed by atoms with Gasteiger partial charge in [-0.3, -0.25) is 4.79 Å². The molecular formula is C8H21NO. The summed E-state index contributed by atoms with van der Waals surface area (Å²) in [5.74, 6) is 0.0324. The Morgan fingerprint density at radius 2 is 1.40 bits per heavy atom. The van der Waals surface area contributed by atoms with E-state index in [9.17, 15) is 4.79 Å². The minimum absolute atomic E-state index is 0.0324. The molecule has 0 aliphatic rings. The Bertz CT molecular complexity index is 53.2. The van der Waals surface area contributed by atoms with Crippen molar-refractivity contribution in [2.24, 2.45) is 5.73 Å². The molecule has 0 unspecified atom stereocenters. The Labute approximate surface area is 64.8 Å². The normalized spacial score (nSPS) is 6.20. The third-order valence-electron chi connectivity index (χ3n) is 0.287. The second-order valence-electron chi connectivity index (χ2n) is 1.61. The van der Waals surface area contributed by atoms with Crippen LogP contribution in [0.1, 0.15) is 41.0 Å². The number of ketones is 1. The lowest BCUT2D eigenvalue weighted by atomic mass is 10.5. The highest BCUT2D eigenvalue weighted by atomic mass is 16.1. The third-order valence-corrected chi connectivity index (χ3v) is 0.287. The van der Waals surface area contributed by atoms with Gasteiger partial charge in [0.1, 0.15) is 5.78 Å². The summed E-state index contributed by atoms with van der Waals surface area (Å²) in [5.41, 5.74) is 4.82. The summed E-state index contributed by atoms with van der Waals surface area (Å²) < 4.78 is 0. The molecule has 0 aliphatic carbocycles. The molecule has 0 radical (unpaired) electrons. The van der Waals surface area contributed by atoms with Crippen LogP contribution in [0.3, 0.4) is 0 Å². The first-order valence-electron chi connectivity index (χ1n) is 3.88. The first-order valence-corrected chi connectivity index (χ1v) is 3.88. The van der Waals surface area contributed by atoms with E-state index in [1.54, 1.807) is 0 Å². The Hall–Kier alpha value is -0.370. The molecule has 0 aromatic carbocycles. The van der Waals surface area contributed by atoms with Crippen LogP contribution in [0.4, 0.5) is 0 Å². The van der Waals surface area contributed by atoms with Crippen molar-refractivity contribution in [2.75, 3.05) is 6.54 Å². The van der Waals surface area contributed by atoms with Gasteiger partial charge in [0.2, 0.25) is 0 Å². The lowest BCUT2D eigenvalue weighted by Gasteiger charge is -1.73. The first-order chi connectivity index (χ1) is 4.68. The monoisotopic (exact) mass is 147 g/mol. The maximum Gasteiger partial charge on any atom is 0.143 e. The standard InChI is InChI=1S/C3H7NO.C3H8.C2H6/c1-3(5)2-4;1-3-2;1-2/h2,4H2,1H3;3H2,1-2H3;1-2H3. The van der Waals surface area contributed by atoms with Crippen LogP contribution in [0.2, 0.25) is 0 Å². The Morgan fingerprint density at radius 3 is 1.40 bits per heavy atom. The summed E-state index contributed by atoms with van der Waals surface area (Å²) >= 11 is 0. The second-order valence-corrected chi connectivity index (χ2v) is 1.61. The van der Waals surface area contributed by atoms with Crippen molar-refractivity contribution in [3.05, 3.63) is 0 Å². The van der Waals surface area contributed by atoms with Crippen molar-refractivity contribution in [1.82, 2.24) is 0 Å². The van der Waals surface area contributed by atoms with Crippen molar-refractivity contribution >= 4 is 5.78 Å². The predicted octanol–water partition coefficient (Wildman–Crippen LogP) is 1.98. The molecule has 0 fully saturated rings. The first kappa shape index (κ1) is 16.3. The minimum Gasteiger partial charge on any atom is -0.324 e. The lowest BCUT2D eigenvalue weighted by molar-refractivity contribution is -0.115. The fourth-order valence-electron chi connectivity index (χ4n) is 0. The molecular weight excluding hydrogens is 126 g/mol. The van der Waals surface area contributed by atoms with Crippen molar-refractivity contribution < 1.29 is 4.79 Å². The molecule has 0 heterocycles. The highest BCUT2D eigenvalue weighted by Crippen LogP contribution is 1.56. The van der Waals surface area contributed by atoms with Gasteiger partial charge in [0.05, 0.1) is 6.54 Å². The molecule has 0 rings (SSSR count). The van der Waals surface area contributed by atoms with E-state index in [-0.39, 0.29) is 12.3 Å². The average Bonchev–Trinajstić information content (AvgIpc) is 1.94. The predicted molar refractivity (Wildman–Crippen MR) is 47.0 cm³/mol. The van der Waals surface area contributed by atoms with E-state index in [0.29, 0.717) is 0 Å². The molecule has 2 heteroatoms. The van der Waals surface area contributed by atoms with E-state index in [4.69, 9.17) is 5.73 Å². The largest absolute Gasteiger partial charge is 0.324 e. The van der Waals surface area contributed by atoms with Gasteiger partial charge in [-0.1, -0.05) is 34.1 Å². The summed E-state index contributed by atoms with van der Waals surface area (Å²) in [6.45, 7) is 9.88. The zero-order chi connectivity index (χ0) is 8.99. The summed E-state index contributed by atoms with van der Waals surface area (Å²) in [5, 5.41) is 0. The molecule has 2 N–H and O–H groups in total. The van der Waals surface area contributed by atoms with Gasteiger partial charge in [-0.05, 0) is 6.92 Å². The van der Waals surface area contributed by atoms with Gasteiger partial charge in [-0.2, -0.15) is 0 Å². The van der Waals surface area contributed by atoms with Gasteiger partial charge in [-0.25, -0.2) is 0 Å². The number of Topliss-reactive ketones (excluding diaryl/α,β-unsaturated/α-hetero) is 1. The molecule has 0 atom stereocenters. The molecule has 10 heavy (non-hydrogen) atoms. The van der Waals surface area contributed by atoms with Crippen molar-refractivity contribution in [2.45, 2.75) is 41.0 Å². The fourth-order valence-corrected chi connectivity index (χ4v) is 0. The van der Waals surface area contributed by atoms with Crippen molar-refractivity contribution in [1.29, 1.82) is 0 Å². The van der Waals surface area contributed by atoms with Crippen LogP contribution in [0.25, 0.3) is 0 Å². The number of hydrogen-bond acceptors (Lipinski definition) is 2. The summed E-state index contributed by atoms with van der Waals surface area (Å²) in [6, 6.07) is 0. The van der Waals surface area contributed by atoms with Crippen LogP contribution in [0.15, 0.2) is 0 Å². The Kier molecular flexibility index (Phi) is 38.2.